The van der Waals surface area contributed by atoms with Gasteiger partial charge in [0.1, 0.15) is 0 Å². The summed E-state index contributed by atoms with van der Waals surface area (Å²) in [6.07, 6.45) is 13.7. The zero-order chi connectivity index (χ0) is 13.1. The fraction of sp³-hybridized carbons (Fsp3) is 0.556. The van der Waals surface area contributed by atoms with E-state index in [1.165, 1.54) is 56.1 Å². The lowest BCUT2D eigenvalue weighted by atomic mass is 10.0. The lowest BCUT2D eigenvalue weighted by Crippen LogP contribution is -1.88. The zero-order valence-corrected chi connectivity index (χ0v) is 12.0. The Morgan fingerprint density at radius 1 is 0.833 bits per heavy atom. The monoisotopic (exact) mass is 244 g/mol. The van der Waals surface area contributed by atoms with Gasteiger partial charge in [-0.15, -0.1) is 6.58 Å². The highest BCUT2D eigenvalue weighted by atomic mass is 14.0. The van der Waals surface area contributed by atoms with Crippen LogP contribution in [-0.2, 0) is 12.8 Å². The second-order valence-corrected chi connectivity index (χ2v) is 5.16. The Bertz CT molecular complexity index is 307. The van der Waals surface area contributed by atoms with Crippen LogP contribution in [0.1, 0.15) is 63.0 Å². The van der Waals surface area contributed by atoms with Crippen LogP contribution in [0.3, 0.4) is 0 Å². The van der Waals surface area contributed by atoms with Crippen LogP contribution in [0.15, 0.2) is 36.9 Å². The Kier molecular flexibility index (Phi) is 8.29. The lowest BCUT2D eigenvalue weighted by Gasteiger charge is -2.04. The molecule has 0 nitrogen and oxygen atoms in total. The maximum absolute atomic E-state index is 3.76. The van der Waals surface area contributed by atoms with E-state index in [1.54, 1.807) is 0 Å². The number of allylic oxidation sites excluding steroid dienone is 1. The lowest BCUT2D eigenvalue weighted by molar-refractivity contribution is 0.607. The molecule has 0 bridgehead atoms. The van der Waals surface area contributed by atoms with Gasteiger partial charge in [0.25, 0.3) is 0 Å². The van der Waals surface area contributed by atoms with Gasteiger partial charge in [0.2, 0.25) is 0 Å². The summed E-state index contributed by atoms with van der Waals surface area (Å²) in [5.74, 6) is 0. The quantitative estimate of drug-likeness (QED) is 0.365. The van der Waals surface area contributed by atoms with E-state index in [-0.39, 0.29) is 0 Å². The smallest absolute Gasteiger partial charge is 0.0244 e. The highest BCUT2D eigenvalue weighted by Gasteiger charge is 1.95. The molecule has 0 aliphatic carbocycles. The van der Waals surface area contributed by atoms with Crippen molar-refractivity contribution in [2.45, 2.75) is 64.7 Å². The van der Waals surface area contributed by atoms with E-state index >= 15 is 0 Å². The van der Waals surface area contributed by atoms with E-state index in [9.17, 15) is 0 Å². The van der Waals surface area contributed by atoms with Crippen molar-refractivity contribution in [3.63, 3.8) is 0 Å². The van der Waals surface area contributed by atoms with Crippen molar-refractivity contribution in [1.29, 1.82) is 0 Å². The number of aryl methyl sites for hydroxylation is 2. The molecule has 0 unspecified atom stereocenters. The van der Waals surface area contributed by atoms with Crippen molar-refractivity contribution in [1.82, 2.24) is 0 Å². The summed E-state index contributed by atoms with van der Waals surface area (Å²) in [6, 6.07) is 9.14. The summed E-state index contributed by atoms with van der Waals surface area (Å²) >= 11 is 0. The standard InChI is InChI=1S/C18H28/c1-3-5-7-8-9-10-12-18-15-13-17(14-16-18)11-6-4-2/h4,13-16H,2-3,5-12H2,1H3. The predicted molar refractivity (Wildman–Crippen MR) is 82.0 cm³/mol. The van der Waals surface area contributed by atoms with Crippen LogP contribution in [0, 0.1) is 0 Å². The fourth-order valence-electron chi connectivity index (χ4n) is 2.25. The largest absolute Gasteiger partial charge is 0.103 e. The van der Waals surface area contributed by atoms with Crippen molar-refractivity contribution in [3.05, 3.63) is 48.0 Å². The van der Waals surface area contributed by atoms with Gasteiger partial charge < -0.3 is 0 Å². The van der Waals surface area contributed by atoms with Crippen LogP contribution in [-0.4, -0.2) is 0 Å². The van der Waals surface area contributed by atoms with Crippen LogP contribution in [0.2, 0.25) is 0 Å². The first-order valence-electron chi connectivity index (χ1n) is 7.55. The van der Waals surface area contributed by atoms with Crippen molar-refractivity contribution in [2.24, 2.45) is 0 Å². The minimum Gasteiger partial charge on any atom is -0.103 e. The highest BCUT2D eigenvalue weighted by molar-refractivity contribution is 5.22. The molecule has 18 heavy (non-hydrogen) atoms. The van der Waals surface area contributed by atoms with Gasteiger partial charge in [-0.2, -0.15) is 0 Å². The third-order valence-corrected chi connectivity index (χ3v) is 3.48. The number of unbranched alkanes of at least 4 members (excludes halogenated alkanes) is 5. The molecular formula is C18H28. The molecule has 0 fully saturated rings. The molecule has 1 rings (SSSR count). The highest BCUT2D eigenvalue weighted by Crippen LogP contribution is 2.12. The Morgan fingerprint density at radius 2 is 1.39 bits per heavy atom. The summed E-state index contributed by atoms with van der Waals surface area (Å²) in [7, 11) is 0. The first-order chi connectivity index (χ1) is 8.86. The van der Waals surface area contributed by atoms with Crippen LogP contribution in [0.4, 0.5) is 0 Å². The molecule has 0 heteroatoms. The summed E-state index contributed by atoms with van der Waals surface area (Å²) in [4.78, 5) is 0. The molecular weight excluding hydrogens is 216 g/mol. The first-order valence-corrected chi connectivity index (χ1v) is 7.55. The molecule has 0 aliphatic heterocycles. The van der Waals surface area contributed by atoms with Crippen molar-refractivity contribution < 1.29 is 0 Å². The maximum atomic E-state index is 3.76. The van der Waals surface area contributed by atoms with Gasteiger partial charge in [-0.3, -0.25) is 0 Å². The SMILES string of the molecule is C=CCCc1ccc(CCCCCCCC)cc1. The van der Waals surface area contributed by atoms with E-state index in [0.29, 0.717) is 0 Å². The van der Waals surface area contributed by atoms with Crippen molar-refractivity contribution in [2.75, 3.05) is 0 Å². The van der Waals surface area contributed by atoms with E-state index < -0.39 is 0 Å². The van der Waals surface area contributed by atoms with E-state index in [1.807, 2.05) is 6.08 Å². The molecule has 0 aromatic heterocycles. The summed E-state index contributed by atoms with van der Waals surface area (Å²) < 4.78 is 0. The molecule has 0 radical (unpaired) electrons. The summed E-state index contributed by atoms with van der Waals surface area (Å²) in [5, 5.41) is 0. The van der Waals surface area contributed by atoms with Crippen LogP contribution < -0.4 is 0 Å². The molecule has 100 valence electrons. The maximum Gasteiger partial charge on any atom is -0.0244 e. The van der Waals surface area contributed by atoms with Crippen LogP contribution >= 0.6 is 0 Å². The summed E-state index contributed by atoms with van der Waals surface area (Å²) in [5.41, 5.74) is 2.93. The van der Waals surface area contributed by atoms with Crippen molar-refractivity contribution in [3.8, 4) is 0 Å². The minimum absolute atomic E-state index is 1.08. The third kappa shape index (κ3) is 6.64. The van der Waals surface area contributed by atoms with Gasteiger partial charge >= 0.3 is 0 Å². The Hall–Kier alpha value is -1.04. The molecule has 0 heterocycles. The normalized spacial score (nSPS) is 10.5. The van der Waals surface area contributed by atoms with Gasteiger partial charge in [0, 0.05) is 0 Å². The minimum atomic E-state index is 1.08. The zero-order valence-electron chi connectivity index (χ0n) is 12.0. The fourth-order valence-corrected chi connectivity index (χ4v) is 2.25. The van der Waals surface area contributed by atoms with Gasteiger partial charge in [-0.25, -0.2) is 0 Å². The average molecular weight is 244 g/mol. The molecule has 0 saturated heterocycles. The van der Waals surface area contributed by atoms with E-state index in [2.05, 4.69) is 37.8 Å². The van der Waals surface area contributed by atoms with E-state index in [4.69, 9.17) is 0 Å². The molecule has 0 saturated carbocycles. The average Bonchev–Trinajstić information content (AvgIpc) is 2.42. The van der Waals surface area contributed by atoms with Gasteiger partial charge in [-0.05, 0) is 36.8 Å². The van der Waals surface area contributed by atoms with Crippen LogP contribution in [0.5, 0.6) is 0 Å². The van der Waals surface area contributed by atoms with Crippen molar-refractivity contribution >= 4 is 0 Å². The van der Waals surface area contributed by atoms with Gasteiger partial charge in [0.05, 0.1) is 0 Å². The second kappa shape index (κ2) is 9.94. The Labute approximate surface area is 113 Å². The summed E-state index contributed by atoms with van der Waals surface area (Å²) in [6.45, 7) is 6.04. The molecule has 1 aromatic carbocycles. The van der Waals surface area contributed by atoms with Gasteiger partial charge in [-0.1, -0.05) is 69.4 Å². The number of hydrogen-bond donors (Lipinski definition) is 0. The Balaban J connectivity index is 2.16. The second-order valence-electron chi connectivity index (χ2n) is 5.16. The Morgan fingerprint density at radius 3 is 2.00 bits per heavy atom. The molecule has 0 atom stereocenters. The van der Waals surface area contributed by atoms with E-state index in [0.717, 1.165) is 12.8 Å². The topological polar surface area (TPSA) is 0 Å². The molecule has 1 aromatic rings. The number of hydrogen-bond acceptors (Lipinski definition) is 0. The number of benzene rings is 1. The molecule has 0 spiro atoms. The molecule has 0 amide bonds. The predicted octanol–water partition coefficient (Wildman–Crippen LogP) is 5.71. The van der Waals surface area contributed by atoms with Gasteiger partial charge in [0.15, 0.2) is 0 Å². The van der Waals surface area contributed by atoms with Crippen LogP contribution in [0.25, 0.3) is 0 Å². The molecule has 0 N–H and O–H groups in total. The number of rotatable bonds is 10. The first kappa shape index (κ1) is 15.0. The molecule has 0 aliphatic rings. The third-order valence-electron chi connectivity index (χ3n) is 3.48.